The fraction of sp³-hybridized carbons (Fsp3) is 0.409. The van der Waals surface area contributed by atoms with Crippen molar-refractivity contribution in [2.45, 2.75) is 58.3 Å². The molecule has 0 aliphatic carbocycles. The molecule has 0 rings (SSSR count). The summed E-state index contributed by atoms with van der Waals surface area (Å²) >= 11 is 0. The Balaban J connectivity index is 3.83. The first-order chi connectivity index (χ1) is 12.7. The molecule has 0 spiro atoms. The molecule has 0 bridgehead atoms. The van der Waals surface area contributed by atoms with Gasteiger partial charge in [-0.25, -0.2) is 0 Å². The normalized spacial score (nSPS) is 13.2. The summed E-state index contributed by atoms with van der Waals surface area (Å²) < 4.78 is 0. The third-order valence-electron chi connectivity index (χ3n) is 3.40. The van der Waals surface area contributed by atoms with Gasteiger partial charge in [-0.3, -0.25) is 10.1 Å². The standard InChI is InChI=1S/C22H31NO3/c1-2-3-4-5-6-7-8-9-10-11-12-13-14-15-16-17-19-22(23(25)26)20-18-21-24/h3-4,6-7,9-10,12-13,15-16,19,21H,2,5,8,11,14,17-18,20H2,1H3/b4-3+,7-6+,10-9+,13-12+,16-15+,22-19-. The first kappa shape index (κ1) is 23.5. The summed E-state index contributed by atoms with van der Waals surface area (Å²) in [5, 5.41) is 10.8. The van der Waals surface area contributed by atoms with Crippen LogP contribution in [-0.2, 0) is 4.79 Å². The van der Waals surface area contributed by atoms with Crippen molar-refractivity contribution in [3.8, 4) is 0 Å². The lowest BCUT2D eigenvalue weighted by molar-refractivity contribution is -0.428. The molecule has 0 aliphatic rings. The lowest BCUT2D eigenvalue weighted by atomic mass is 10.2. The van der Waals surface area contributed by atoms with E-state index in [0.717, 1.165) is 32.1 Å². The van der Waals surface area contributed by atoms with Crippen molar-refractivity contribution in [2.24, 2.45) is 0 Å². The van der Waals surface area contributed by atoms with Crippen molar-refractivity contribution in [3.63, 3.8) is 0 Å². The largest absolute Gasteiger partial charge is 0.303 e. The van der Waals surface area contributed by atoms with E-state index in [1.165, 1.54) is 0 Å². The number of hydrogen-bond donors (Lipinski definition) is 0. The predicted molar refractivity (Wildman–Crippen MR) is 109 cm³/mol. The predicted octanol–water partition coefficient (Wildman–Crippen LogP) is 6.27. The van der Waals surface area contributed by atoms with Crippen LogP contribution in [0, 0.1) is 10.1 Å². The van der Waals surface area contributed by atoms with Crippen LogP contribution >= 0.6 is 0 Å². The molecule has 0 N–H and O–H groups in total. The minimum Gasteiger partial charge on any atom is -0.303 e. The lowest BCUT2D eigenvalue weighted by Crippen LogP contribution is -1.98. The number of carbonyl (C=O) groups is 1. The van der Waals surface area contributed by atoms with Gasteiger partial charge in [0.25, 0.3) is 0 Å². The third kappa shape index (κ3) is 16.4. The molecule has 142 valence electrons. The molecule has 0 unspecified atom stereocenters. The Bertz CT molecular complexity index is 552. The van der Waals surface area contributed by atoms with Gasteiger partial charge in [0.05, 0.1) is 4.92 Å². The van der Waals surface area contributed by atoms with Crippen molar-refractivity contribution < 1.29 is 9.72 Å². The molecule has 0 aromatic carbocycles. The van der Waals surface area contributed by atoms with Crippen LogP contribution in [0.2, 0.25) is 0 Å². The molecule has 0 atom stereocenters. The van der Waals surface area contributed by atoms with Crippen LogP contribution in [-0.4, -0.2) is 11.2 Å². The Morgan fingerprint density at radius 2 is 1.19 bits per heavy atom. The number of rotatable bonds is 15. The Morgan fingerprint density at radius 1 is 0.769 bits per heavy atom. The Kier molecular flexibility index (Phi) is 17.0. The maximum Gasteiger partial charge on any atom is 0.243 e. The highest BCUT2D eigenvalue weighted by atomic mass is 16.6. The molecular formula is C22H31NO3. The highest BCUT2D eigenvalue weighted by Crippen LogP contribution is 2.06. The number of nitrogens with zero attached hydrogens (tertiary/aromatic N) is 1. The second kappa shape index (κ2) is 18.8. The molecule has 0 aromatic rings. The summed E-state index contributed by atoms with van der Waals surface area (Å²) in [7, 11) is 0. The van der Waals surface area contributed by atoms with Gasteiger partial charge in [0.1, 0.15) is 6.29 Å². The van der Waals surface area contributed by atoms with E-state index in [9.17, 15) is 14.9 Å². The Hall–Kier alpha value is -2.49. The van der Waals surface area contributed by atoms with Gasteiger partial charge in [0.15, 0.2) is 0 Å². The van der Waals surface area contributed by atoms with Crippen molar-refractivity contribution in [3.05, 3.63) is 82.6 Å². The molecule has 0 saturated carbocycles. The van der Waals surface area contributed by atoms with Crippen LogP contribution < -0.4 is 0 Å². The minimum absolute atomic E-state index is 0.109. The molecule has 0 radical (unpaired) electrons. The van der Waals surface area contributed by atoms with Crippen molar-refractivity contribution in [1.29, 1.82) is 0 Å². The fourth-order valence-electron chi connectivity index (χ4n) is 2.03. The smallest absolute Gasteiger partial charge is 0.243 e. The fourth-order valence-corrected chi connectivity index (χ4v) is 2.03. The summed E-state index contributed by atoms with van der Waals surface area (Å²) in [4.78, 5) is 20.6. The summed E-state index contributed by atoms with van der Waals surface area (Å²) in [6.07, 6.45) is 29.0. The third-order valence-corrected chi connectivity index (χ3v) is 3.40. The number of hydrogen-bond acceptors (Lipinski definition) is 3. The van der Waals surface area contributed by atoms with Gasteiger partial charge in [-0.05, 0) is 44.6 Å². The van der Waals surface area contributed by atoms with Crippen LogP contribution in [0.15, 0.2) is 72.5 Å². The van der Waals surface area contributed by atoms with E-state index in [1.807, 2.05) is 12.2 Å². The number of nitro groups is 1. The Morgan fingerprint density at radius 3 is 1.58 bits per heavy atom. The zero-order valence-electron chi connectivity index (χ0n) is 15.8. The number of allylic oxidation sites excluding steroid dienone is 12. The maximum atomic E-state index is 10.8. The first-order valence-corrected chi connectivity index (χ1v) is 9.24. The summed E-state index contributed by atoms with van der Waals surface area (Å²) in [6, 6.07) is 0. The monoisotopic (exact) mass is 357 g/mol. The highest BCUT2D eigenvalue weighted by molar-refractivity contribution is 5.49. The molecule has 0 amide bonds. The van der Waals surface area contributed by atoms with E-state index >= 15 is 0 Å². The van der Waals surface area contributed by atoms with Gasteiger partial charge in [-0.2, -0.15) is 0 Å². The molecule has 0 heterocycles. The molecule has 0 aromatic heterocycles. The van der Waals surface area contributed by atoms with Crippen LogP contribution in [0.1, 0.15) is 58.3 Å². The topological polar surface area (TPSA) is 60.2 Å². The second-order valence-electron chi connectivity index (χ2n) is 5.60. The zero-order valence-corrected chi connectivity index (χ0v) is 15.8. The lowest BCUT2D eigenvalue weighted by Gasteiger charge is -1.93. The molecule has 0 fully saturated rings. The molecule has 4 heteroatoms. The van der Waals surface area contributed by atoms with E-state index < -0.39 is 4.92 Å². The van der Waals surface area contributed by atoms with E-state index in [4.69, 9.17) is 0 Å². The average Bonchev–Trinajstić information content (AvgIpc) is 2.63. The van der Waals surface area contributed by atoms with Gasteiger partial charge in [0, 0.05) is 12.8 Å². The summed E-state index contributed by atoms with van der Waals surface area (Å²) in [6.45, 7) is 2.13. The van der Waals surface area contributed by atoms with E-state index in [2.05, 4.69) is 55.5 Å². The maximum absolute atomic E-state index is 10.8. The van der Waals surface area contributed by atoms with Gasteiger partial charge in [-0.15, -0.1) is 0 Å². The van der Waals surface area contributed by atoms with Crippen molar-refractivity contribution in [1.82, 2.24) is 0 Å². The molecule has 0 saturated heterocycles. The van der Waals surface area contributed by atoms with Crippen LogP contribution in [0.25, 0.3) is 0 Å². The zero-order chi connectivity index (χ0) is 19.3. The second-order valence-corrected chi connectivity index (χ2v) is 5.60. The van der Waals surface area contributed by atoms with Gasteiger partial charge in [0.2, 0.25) is 5.70 Å². The average molecular weight is 357 g/mol. The van der Waals surface area contributed by atoms with Crippen molar-refractivity contribution in [2.75, 3.05) is 0 Å². The molecule has 26 heavy (non-hydrogen) atoms. The number of carbonyl (C=O) groups excluding carboxylic acids is 1. The molecule has 4 nitrogen and oxygen atoms in total. The van der Waals surface area contributed by atoms with Gasteiger partial charge < -0.3 is 4.79 Å². The van der Waals surface area contributed by atoms with E-state index in [1.54, 1.807) is 6.08 Å². The summed E-state index contributed by atoms with van der Waals surface area (Å²) in [5.74, 6) is 0. The van der Waals surface area contributed by atoms with Gasteiger partial charge >= 0.3 is 0 Å². The van der Waals surface area contributed by atoms with E-state index in [0.29, 0.717) is 12.7 Å². The van der Waals surface area contributed by atoms with Crippen LogP contribution in [0.3, 0.4) is 0 Å². The Labute approximate surface area is 157 Å². The highest BCUT2D eigenvalue weighted by Gasteiger charge is 2.07. The van der Waals surface area contributed by atoms with Crippen LogP contribution in [0.5, 0.6) is 0 Å². The van der Waals surface area contributed by atoms with Crippen molar-refractivity contribution >= 4 is 6.29 Å². The SMILES string of the molecule is CC/C=C/C/C=C/C/C=C/C/C=C/C/C=C/C/C=C(/CCC=O)[N+](=O)[O-]. The first-order valence-electron chi connectivity index (χ1n) is 9.24. The molecule has 0 aliphatic heterocycles. The molecular weight excluding hydrogens is 326 g/mol. The quantitative estimate of drug-likeness (QED) is 0.150. The minimum atomic E-state index is -0.416. The number of aldehydes is 1. The van der Waals surface area contributed by atoms with Crippen LogP contribution in [0.4, 0.5) is 0 Å². The van der Waals surface area contributed by atoms with Gasteiger partial charge in [-0.1, -0.05) is 67.7 Å². The van der Waals surface area contributed by atoms with E-state index in [-0.39, 0.29) is 18.5 Å². The summed E-state index contributed by atoms with van der Waals surface area (Å²) in [5.41, 5.74) is 0.109.